The van der Waals surface area contributed by atoms with Gasteiger partial charge in [-0.25, -0.2) is 13.2 Å². The van der Waals surface area contributed by atoms with Gasteiger partial charge in [0.2, 0.25) is 0 Å². The quantitative estimate of drug-likeness (QED) is 0.410. The Morgan fingerprint density at radius 3 is 2.51 bits per heavy atom. The number of carbonyl (C=O) groups excluding carboxylic acids is 1. The number of rotatable bonds is 3. The third kappa shape index (κ3) is 3.43. The molecular formula is C25H21F3N6O. The minimum atomic E-state index is -1.49. The molecule has 0 aliphatic carbocycles. The molecule has 0 N–H and O–H groups in total. The third-order valence-electron chi connectivity index (χ3n) is 6.98. The van der Waals surface area contributed by atoms with Crippen LogP contribution in [-0.4, -0.2) is 41.4 Å². The SMILES string of the molecule is Cn1nc2c(c1-c1cc(F)c(F)c(F)c1)C[C@@H]1CCC[C@H]2N1C(=O)c1cccc(-n2cnnc2)c1. The molecule has 0 radical (unpaired) electrons. The highest BCUT2D eigenvalue weighted by molar-refractivity contribution is 5.95. The molecule has 1 saturated heterocycles. The van der Waals surface area contributed by atoms with Crippen LogP contribution in [0.1, 0.15) is 46.9 Å². The summed E-state index contributed by atoms with van der Waals surface area (Å²) in [5.74, 6) is -4.06. The number of hydrogen-bond acceptors (Lipinski definition) is 4. The van der Waals surface area contributed by atoms with Crippen molar-refractivity contribution < 1.29 is 18.0 Å². The van der Waals surface area contributed by atoms with Gasteiger partial charge in [-0.05, 0) is 56.0 Å². The van der Waals surface area contributed by atoms with E-state index in [1.54, 1.807) is 35.0 Å². The molecule has 2 aliphatic heterocycles. The summed E-state index contributed by atoms with van der Waals surface area (Å²) in [5, 5.41) is 12.3. The highest BCUT2D eigenvalue weighted by Gasteiger charge is 2.43. The van der Waals surface area contributed by atoms with Gasteiger partial charge in [-0.15, -0.1) is 10.2 Å². The van der Waals surface area contributed by atoms with Crippen LogP contribution < -0.4 is 0 Å². The van der Waals surface area contributed by atoms with Crippen LogP contribution in [0.25, 0.3) is 16.9 Å². The molecule has 0 saturated carbocycles. The second-order valence-electron chi connectivity index (χ2n) is 9.03. The maximum Gasteiger partial charge on any atom is 0.254 e. The Labute approximate surface area is 198 Å². The lowest BCUT2D eigenvalue weighted by atomic mass is 9.81. The van der Waals surface area contributed by atoms with E-state index in [0.29, 0.717) is 17.7 Å². The van der Waals surface area contributed by atoms with Crippen molar-refractivity contribution in [3.63, 3.8) is 0 Å². The van der Waals surface area contributed by atoms with Crippen molar-refractivity contribution in [2.75, 3.05) is 0 Å². The number of nitrogens with zero attached hydrogens (tertiary/aromatic N) is 6. The molecule has 4 heterocycles. The van der Waals surface area contributed by atoms with Gasteiger partial charge in [-0.1, -0.05) is 6.07 Å². The highest BCUT2D eigenvalue weighted by atomic mass is 19.2. The van der Waals surface area contributed by atoms with E-state index >= 15 is 0 Å². The lowest BCUT2D eigenvalue weighted by Crippen LogP contribution is -2.49. The van der Waals surface area contributed by atoms with Crippen LogP contribution >= 0.6 is 0 Å². The Balaban J connectivity index is 1.40. The summed E-state index contributed by atoms with van der Waals surface area (Å²) in [7, 11) is 1.70. The van der Waals surface area contributed by atoms with Crippen LogP contribution in [0.15, 0.2) is 49.1 Å². The molecule has 35 heavy (non-hydrogen) atoms. The van der Waals surface area contributed by atoms with Gasteiger partial charge < -0.3 is 4.90 Å². The number of aryl methyl sites for hydroxylation is 1. The van der Waals surface area contributed by atoms with Gasteiger partial charge in [0.25, 0.3) is 5.91 Å². The lowest BCUT2D eigenvalue weighted by Gasteiger charge is -2.45. The second-order valence-corrected chi connectivity index (χ2v) is 9.03. The van der Waals surface area contributed by atoms with E-state index in [1.165, 1.54) is 0 Å². The maximum absolute atomic E-state index is 14.0. The van der Waals surface area contributed by atoms with E-state index in [-0.39, 0.29) is 23.6 Å². The van der Waals surface area contributed by atoms with Gasteiger partial charge in [-0.3, -0.25) is 14.0 Å². The first-order chi connectivity index (χ1) is 16.9. The lowest BCUT2D eigenvalue weighted by molar-refractivity contribution is 0.0392. The van der Waals surface area contributed by atoms with Crippen LogP contribution in [0.2, 0.25) is 0 Å². The van der Waals surface area contributed by atoms with Gasteiger partial charge in [0.1, 0.15) is 12.7 Å². The fourth-order valence-corrected chi connectivity index (χ4v) is 5.48. The molecule has 0 spiro atoms. The van der Waals surface area contributed by atoms with Crippen LogP contribution in [0.4, 0.5) is 13.2 Å². The van der Waals surface area contributed by atoms with E-state index in [4.69, 9.17) is 0 Å². The average Bonchev–Trinajstić information content (AvgIpc) is 3.50. The Morgan fingerprint density at radius 1 is 1.03 bits per heavy atom. The fourth-order valence-electron chi connectivity index (χ4n) is 5.48. The summed E-state index contributed by atoms with van der Waals surface area (Å²) in [6.45, 7) is 0. The Hall–Kier alpha value is -3.95. The molecule has 2 aromatic heterocycles. The number of benzene rings is 2. The first kappa shape index (κ1) is 21.6. The molecule has 2 aromatic carbocycles. The maximum atomic E-state index is 14.0. The molecule has 2 bridgehead atoms. The average molecular weight is 478 g/mol. The van der Waals surface area contributed by atoms with Crippen molar-refractivity contribution in [3.05, 3.63) is 83.3 Å². The minimum Gasteiger partial charge on any atom is -0.327 e. The first-order valence-electron chi connectivity index (χ1n) is 11.4. The molecule has 2 atom stereocenters. The van der Waals surface area contributed by atoms with E-state index < -0.39 is 17.5 Å². The number of hydrogen-bond donors (Lipinski definition) is 0. The molecule has 10 heteroatoms. The Bertz CT molecular complexity index is 1420. The predicted molar refractivity (Wildman–Crippen MR) is 120 cm³/mol. The van der Waals surface area contributed by atoms with Crippen molar-refractivity contribution in [1.29, 1.82) is 0 Å². The van der Waals surface area contributed by atoms with Crippen molar-refractivity contribution in [2.24, 2.45) is 7.05 Å². The van der Waals surface area contributed by atoms with E-state index in [1.807, 2.05) is 23.1 Å². The summed E-state index contributed by atoms with van der Waals surface area (Å²) >= 11 is 0. The van der Waals surface area contributed by atoms with Crippen LogP contribution in [0.5, 0.6) is 0 Å². The third-order valence-corrected chi connectivity index (χ3v) is 6.98. The largest absolute Gasteiger partial charge is 0.327 e. The number of piperidine rings is 1. The van der Waals surface area contributed by atoms with Crippen LogP contribution in [0.3, 0.4) is 0 Å². The standard InChI is InChI=1S/C25H21F3N6O/c1-32-24(15-9-19(26)22(28)20(27)10-15)18-11-17-6-3-7-21(23(18)31-32)34(17)25(35)14-4-2-5-16(8-14)33-12-29-30-13-33/h2,4-5,8-10,12-13,17,21H,3,6-7,11H2,1H3/t17-,21+/m0/s1. The molecule has 7 nitrogen and oxygen atoms in total. The number of carbonyl (C=O) groups is 1. The molecule has 0 unspecified atom stereocenters. The Kier molecular flexibility index (Phi) is 4.98. The molecule has 178 valence electrons. The number of aromatic nitrogens is 5. The second kappa shape index (κ2) is 8.07. The summed E-state index contributed by atoms with van der Waals surface area (Å²) in [6, 6.07) is 8.97. The number of halogens is 3. The molecule has 2 aliphatic rings. The van der Waals surface area contributed by atoms with E-state index in [2.05, 4.69) is 15.3 Å². The number of fused-ring (bicyclic) bond motifs is 4. The molecule has 4 aromatic rings. The normalized spacial score (nSPS) is 19.0. The van der Waals surface area contributed by atoms with E-state index in [0.717, 1.165) is 48.3 Å². The smallest absolute Gasteiger partial charge is 0.254 e. The first-order valence-corrected chi connectivity index (χ1v) is 11.4. The zero-order valence-electron chi connectivity index (χ0n) is 18.8. The van der Waals surface area contributed by atoms with Gasteiger partial charge in [-0.2, -0.15) is 5.10 Å². The Morgan fingerprint density at radius 2 is 1.77 bits per heavy atom. The van der Waals surface area contributed by atoms with Gasteiger partial charge in [0.05, 0.1) is 17.4 Å². The summed E-state index contributed by atoms with van der Waals surface area (Å²) < 4.78 is 44.9. The molecule has 1 fully saturated rings. The van der Waals surface area contributed by atoms with Gasteiger partial charge in [0, 0.05) is 35.5 Å². The molecule has 6 rings (SSSR count). The molecule has 1 amide bonds. The monoisotopic (exact) mass is 478 g/mol. The number of amides is 1. The summed E-state index contributed by atoms with van der Waals surface area (Å²) in [6.07, 6.45) is 6.15. The minimum absolute atomic E-state index is 0.0783. The summed E-state index contributed by atoms with van der Waals surface area (Å²) in [4.78, 5) is 15.6. The molecular weight excluding hydrogens is 457 g/mol. The van der Waals surface area contributed by atoms with E-state index in [9.17, 15) is 18.0 Å². The van der Waals surface area contributed by atoms with Crippen molar-refractivity contribution in [2.45, 2.75) is 37.8 Å². The summed E-state index contributed by atoms with van der Waals surface area (Å²) in [5.41, 5.74) is 3.70. The van der Waals surface area contributed by atoms with Gasteiger partial charge in [0.15, 0.2) is 17.5 Å². The highest BCUT2D eigenvalue weighted by Crippen LogP contribution is 2.45. The zero-order valence-corrected chi connectivity index (χ0v) is 18.8. The van der Waals surface area contributed by atoms with Crippen LogP contribution in [0, 0.1) is 17.5 Å². The topological polar surface area (TPSA) is 68.8 Å². The zero-order chi connectivity index (χ0) is 24.3. The van der Waals surface area contributed by atoms with Crippen molar-refractivity contribution in [3.8, 4) is 16.9 Å². The predicted octanol–water partition coefficient (Wildman–Crippen LogP) is 4.38. The fraction of sp³-hybridized carbons (Fsp3) is 0.280. The van der Waals surface area contributed by atoms with Gasteiger partial charge >= 0.3 is 0 Å². The van der Waals surface area contributed by atoms with Crippen molar-refractivity contribution in [1.82, 2.24) is 29.4 Å². The van der Waals surface area contributed by atoms with Crippen molar-refractivity contribution >= 4 is 5.91 Å². The van der Waals surface area contributed by atoms with Crippen LogP contribution in [-0.2, 0) is 13.5 Å².